The van der Waals surface area contributed by atoms with Crippen LogP contribution in [0.1, 0.15) is 18.9 Å². The van der Waals surface area contributed by atoms with Gasteiger partial charge in [0.25, 0.3) is 5.56 Å². The zero-order valence-electron chi connectivity index (χ0n) is 11.2. The van der Waals surface area contributed by atoms with Gasteiger partial charge >= 0.3 is 0 Å². The molecule has 0 radical (unpaired) electrons. The van der Waals surface area contributed by atoms with Crippen LogP contribution < -0.4 is 11.3 Å². The molecule has 0 spiro atoms. The van der Waals surface area contributed by atoms with Crippen molar-refractivity contribution in [3.05, 3.63) is 51.3 Å². The van der Waals surface area contributed by atoms with E-state index in [-0.39, 0.29) is 11.4 Å². The van der Waals surface area contributed by atoms with E-state index in [1.54, 1.807) is 16.3 Å². The van der Waals surface area contributed by atoms with E-state index >= 15 is 0 Å². The van der Waals surface area contributed by atoms with Gasteiger partial charge in [-0.1, -0.05) is 42.4 Å². The van der Waals surface area contributed by atoms with Crippen LogP contribution in [0.4, 0.5) is 5.82 Å². The molecule has 106 valence electrons. The van der Waals surface area contributed by atoms with E-state index in [1.807, 2.05) is 24.3 Å². The maximum atomic E-state index is 12.1. The number of aromatic nitrogens is 2. The minimum atomic E-state index is -0.133. The van der Waals surface area contributed by atoms with Gasteiger partial charge in [0.1, 0.15) is 5.82 Å². The number of benzene rings is 1. The zero-order chi connectivity index (χ0) is 14.5. The Kier molecular flexibility index (Phi) is 5.09. The van der Waals surface area contributed by atoms with Crippen LogP contribution in [0, 0.1) is 0 Å². The molecule has 4 nitrogen and oxygen atoms in total. The number of thioether (sulfide) groups is 1. The first kappa shape index (κ1) is 14.9. The molecule has 0 atom stereocenters. The molecule has 0 aliphatic rings. The third kappa shape index (κ3) is 3.77. The third-order valence-corrected chi connectivity index (χ3v) is 4.12. The van der Waals surface area contributed by atoms with Crippen molar-refractivity contribution >= 4 is 29.2 Å². The van der Waals surface area contributed by atoms with Crippen molar-refractivity contribution in [2.75, 3.05) is 11.5 Å². The standard InChI is InChI=1S/C14H16ClN3OS/c1-2-7-20-14-17-12(16)8-13(19)18(14)9-10-3-5-11(15)6-4-10/h3-6,8H,2,7,9,16H2,1H3. The first-order chi connectivity index (χ1) is 9.60. The summed E-state index contributed by atoms with van der Waals surface area (Å²) in [6, 6.07) is 8.78. The van der Waals surface area contributed by atoms with E-state index in [0.29, 0.717) is 16.7 Å². The first-order valence-electron chi connectivity index (χ1n) is 6.34. The number of rotatable bonds is 5. The van der Waals surface area contributed by atoms with E-state index in [9.17, 15) is 4.79 Å². The Morgan fingerprint density at radius 3 is 2.70 bits per heavy atom. The van der Waals surface area contributed by atoms with Crippen molar-refractivity contribution in [1.29, 1.82) is 0 Å². The SMILES string of the molecule is CCCSc1nc(N)cc(=O)n1Cc1ccc(Cl)cc1. The molecule has 1 aromatic carbocycles. The smallest absolute Gasteiger partial charge is 0.256 e. The number of nitrogen functional groups attached to an aromatic ring is 1. The van der Waals surface area contributed by atoms with Gasteiger partial charge in [0.15, 0.2) is 5.16 Å². The summed E-state index contributed by atoms with van der Waals surface area (Å²) in [6.45, 7) is 2.55. The van der Waals surface area contributed by atoms with Crippen molar-refractivity contribution in [3.8, 4) is 0 Å². The molecule has 1 heterocycles. The van der Waals surface area contributed by atoms with Crippen molar-refractivity contribution in [3.63, 3.8) is 0 Å². The van der Waals surface area contributed by atoms with Gasteiger partial charge in [-0.05, 0) is 24.1 Å². The van der Waals surface area contributed by atoms with Gasteiger partial charge in [-0.3, -0.25) is 9.36 Å². The summed E-state index contributed by atoms with van der Waals surface area (Å²) in [5.74, 6) is 1.16. The highest BCUT2D eigenvalue weighted by molar-refractivity contribution is 7.99. The second kappa shape index (κ2) is 6.81. The highest BCUT2D eigenvalue weighted by Gasteiger charge is 2.08. The largest absolute Gasteiger partial charge is 0.383 e. The van der Waals surface area contributed by atoms with Crippen LogP contribution >= 0.6 is 23.4 Å². The Morgan fingerprint density at radius 2 is 2.05 bits per heavy atom. The molecule has 0 saturated heterocycles. The Balaban J connectivity index is 2.34. The average Bonchev–Trinajstić information content (AvgIpc) is 2.42. The number of anilines is 1. The normalized spacial score (nSPS) is 10.7. The van der Waals surface area contributed by atoms with E-state index < -0.39 is 0 Å². The van der Waals surface area contributed by atoms with E-state index in [0.717, 1.165) is 17.7 Å². The lowest BCUT2D eigenvalue weighted by atomic mass is 10.2. The monoisotopic (exact) mass is 309 g/mol. The molecular weight excluding hydrogens is 294 g/mol. The Morgan fingerprint density at radius 1 is 1.35 bits per heavy atom. The Labute approximate surface area is 127 Å². The Bertz CT molecular complexity index is 640. The summed E-state index contributed by atoms with van der Waals surface area (Å²) in [7, 11) is 0. The zero-order valence-corrected chi connectivity index (χ0v) is 12.7. The topological polar surface area (TPSA) is 60.9 Å². The molecular formula is C14H16ClN3OS. The molecule has 2 aromatic rings. The maximum Gasteiger partial charge on any atom is 0.256 e. The van der Waals surface area contributed by atoms with Crippen molar-refractivity contribution in [2.45, 2.75) is 25.0 Å². The molecule has 0 fully saturated rings. The highest BCUT2D eigenvalue weighted by atomic mass is 35.5. The van der Waals surface area contributed by atoms with Gasteiger partial charge in [-0.25, -0.2) is 4.98 Å². The van der Waals surface area contributed by atoms with Crippen LogP contribution in [0.15, 0.2) is 40.3 Å². The fourth-order valence-corrected chi connectivity index (χ4v) is 2.72. The third-order valence-electron chi connectivity index (χ3n) is 2.68. The predicted octanol–water partition coefficient (Wildman–Crippen LogP) is 3.03. The highest BCUT2D eigenvalue weighted by Crippen LogP contribution is 2.18. The second-order valence-corrected chi connectivity index (χ2v) is 5.86. The molecule has 6 heteroatoms. The predicted molar refractivity (Wildman–Crippen MR) is 84.5 cm³/mol. The van der Waals surface area contributed by atoms with Crippen molar-refractivity contribution in [2.24, 2.45) is 0 Å². The minimum Gasteiger partial charge on any atom is -0.383 e. The van der Waals surface area contributed by atoms with E-state index in [2.05, 4.69) is 11.9 Å². The first-order valence-corrected chi connectivity index (χ1v) is 7.71. The van der Waals surface area contributed by atoms with Crippen LogP contribution in [-0.4, -0.2) is 15.3 Å². The van der Waals surface area contributed by atoms with Gasteiger partial charge in [0.2, 0.25) is 0 Å². The molecule has 0 aliphatic carbocycles. The quantitative estimate of drug-likeness (QED) is 0.681. The van der Waals surface area contributed by atoms with Gasteiger partial charge in [0, 0.05) is 16.8 Å². The molecule has 0 unspecified atom stereocenters. The van der Waals surface area contributed by atoms with Crippen LogP contribution in [-0.2, 0) is 6.54 Å². The summed E-state index contributed by atoms with van der Waals surface area (Å²) in [5.41, 5.74) is 6.53. The number of hydrogen-bond donors (Lipinski definition) is 1. The molecule has 0 saturated carbocycles. The molecule has 2 N–H and O–H groups in total. The van der Waals surface area contributed by atoms with Crippen LogP contribution in [0.2, 0.25) is 5.02 Å². The molecule has 20 heavy (non-hydrogen) atoms. The lowest BCUT2D eigenvalue weighted by molar-refractivity contribution is 0.647. The molecule has 0 bridgehead atoms. The lowest BCUT2D eigenvalue weighted by Crippen LogP contribution is -2.23. The lowest BCUT2D eigenvalue weighted by Gasteiger charge is -2.11. The second-order valence-electron chi connectivity index (χ2n) is 4.36. The summed E-state index contributed by atoms with van der Waals surface area (Å²) in [5, 5.41) is 1.34. The Hall–Kier alpha value is -1.46. The molecule has 0 aliphatic heterocycles. The van der Waals surface area contributed by atoms with E-state index in [4.69, 9.17) is 17.3 Å². The molecule has 0 amide bonds. The van der Waals surface area contributed by atoms with Crippen LogP contribution in [0.3, 0.4) is 0 Å². The number of nitrogens with zero attached hydrogens (tertiary/aromatic N) is 2. The van der Waals surface area contributed by atoms with Gasteiger partial charge in [-0.2, -0.15) is 0 Å². The van der Waals surface area contributed by atoms with Crippen molar-refractivity contribution in [1.82, 2.24) is 9.55 Å². The fourth-order valence-electron chi connectivity index (χ4n) is 1.72. The minimum absolute atomic E-state index is 0.133. The summed E-state index contributed by atoms with van der Waals surface area (Å²) < 4.78 is 1.64. The van der Waals surface area contributed by atoms with E-state index in [1.165, 1.54) is 6.07 Å². The molecule has 1 aromatic heterocycles. The summed E-state index contributed by atoms with van der Waals surface area (Å²) >= 11 is 7.41. The fraction of sp³-hybridized carbons (Fsp3) is 0.286. The summed E-state index contributed by atoms with van der Waals surface area (Å²) in [6.07, 6.45) is 1.01. The average molecular weight is 310 g/mol. The number of nitrogens with two attached hydrogens (primary N) is 1. The maximum absolute atomic E-state index is 12.1. The van der Waals surface area contributed by atoms with Crippen molar-refractivity contribution < 1.29 is 0 Å². The van der Waals surface area contributed by atoms with Gasteiger partial charge in [0.05, 0.1) is 6.54 Å². The number of hydrogen-bond acceptors (Lipinski definition) is 4. The van der Waals surface area contributed by atoms with Crippen LogP contribution in [0.5, 0.6) is 0 Å². The van der Waals surface area contributed by atoms with Crippen LogP contribution in [0.25, 0.3) is 0 Å². The summed E-state index contributed by atoms with van der Waals surface area (Å²) in [4.78, 5) is 16.4. The van der Waals surface area contributed by atoms with Gasteiger partial charge < -0.3 is 5.73 Å². The molecule has 2 rings (SSSR count). The van der Waals surface area contributed by atoms with Gasteiger partial charge in [-0.15, -0.1) is 0 Å². The number of halogens is 1.